The fourth-order valence-corrected chi connectivity index (χ4v) is 2.78. The van der Waals surface area contributed by atoms with E-state index in [2.05, 4.69) is 5.32 Å². The zero-order valence-electron chi connectivity index (χ0n) is 16.6. The van der Waals surface area contributed by atoms with Gasteiger partial charge in [-0.25, -0.2) is 4.79 Å². The smallest absolute Gasteiger partial charge is 0.338 e. The molecule has 3 aromatic rings. The predicted octanol–water partition coefficient (Wildman–Crippen LogP) is 4.38. The summed E-state index contributed by atoms with van der Waals surface area (Å²) in [6.07, 6.45) is -0.910. The van der Waals surface area contributed by atoms with Crippen molar-refractivity contribution >= 4 is 23.3 Å². The Balaban J connectivity index is 1.61. The van der Waals surface area contributed by atoms with Gasteiger partial charge >= 0.3 is 5.97 Å². The molecular weight excluding hydrogens is 382 g/mol. The first kappa shape index (κ1) is 20.8. The third kappa shape index (κ3) is 5.11. The molecule has 0 aliphatic heterocycles. The Kier molecular flexibility index (Phi) is 6.60. The number of methoxy groups -OCH3 is 1. The lowest BCUT2D eigenvalue weighted by molar-refractivity contribution is 0.0319. The van der Waals surface area contributed by atoms with Crippen LogP contribution in [0.1, 0.15) is 38.0 Å². The number of nitrogens with one attached hydrogen (secondary N) is 1. The van der Waals surface area contributed by atoms with Crippen LogP contribution in [0.15, 0.2) is 78.9 Å². The van der Waals surface area contributed by atoms with Crippen molar-refractivity contribution in [3.05, 3.63) is 95.6 Å². The van der Waals surface area contributed by atoms with Gasteiger partial charge in [-0.3, -0.25) is 9.59 Å². The predicted molar refractivity (Wildman–Crippen MR) is 113 cm³/mol. The first-order valence-electron chi connectivity index (χ1n) is 9.33. The van der Waals surface area contributed by atoms with Crippen LogP contribution in [-0.4, -0.2) is 30.9 Å². The van der Waals surface area contributed by atoms with Crippen molar-refractivity contribution in [3.8, 4) is 5.75 Å². The summed E-state index contributed by atoms with van der Waals surface area (Å²) in [4.78, 5) is 37.0. The molecule has 3 aromatic carbocycles. The molecule has 0 aliphatic rings. The number of ether oxygens (including phenoxy) is 2. The number of hydrogen-bond acceptors (Lipinski definition) is 5. The first-order chi connectivity index (χ1) is 14.5. The number of ketones is 1. The highest BCUT2D eigenvalue weighted by Gasteiger charge is 2.20. The minimum Gasteiger partial charge on any atom is -0.497 e. The van der Waals surface area contributed by atoms with Crippen LogP contribution < -0.4 is 10.1 Å². The molecule has 0 bridgehead atoms. The lowest BCUT2D eigenvalue weighted by Gasteiger charge is -2.13. The van der Waals surface area contributed by atoms with Gasteiger partial charge in [-0.05, 0) is 49.4 Å². The average molecular weight is 403 g/mol. The van der Waals surface area contributed by atoms with E-state index in [9.17, 15) is 14.4 Å². The third-order valence-corrected chi connectivity index (χ3v) is 4.42. The Morgan fingerprint density at radius 2 is 1.47 bits per heavy atom. The Bertz CT molecular complexity index is 1040. The lowest BCUT2D eigenvalue weighted by atomic mass is 10.1. The van der Waals surface area contributed by atoms with E-state index in [1.165, 1.54) is 26.2 Å². The van der Waals surface area contributed by atoms with E-state index < -0.39 is 12.1 Å². The van der Waals surface area contributed by atoms with Crippen LogP contribution in [-0.2, 0) is 4.74 Å². The van der Waals surface area contributed by atoms with Gasteiger partial charge in [-0.1, -0.05) is 36.4 Å². The summed E-state index contributed by atoms with van der Waals surface area (Å²) < 4.78 is 10.4. The molecule has 6 heteroatoms. The summed E-state index contributed by atoms with van der Waals surface area (Å²) in [6, 6.07) is 21.7. The highest BCUT2D eigenvalue weighted by atomic mass is 16.5. The van der Waals surface area contributed by atoms with E-state index in [0.29, 0.717) is 22.6 Å². The minimum absolute atomic E-state index is 0.272. The van der Waals surface area contributed by atoms with Gasteiger partial charge in [0.15, 0.2) is 6.10 Å². The Labute approximate surface area is 174 Å². The molecule has 0 saturated heterocycles. The Hall–Kier alpha value is -3.93. The molecule has 0 radical (unpaired) electrons. The molecule has 0 aliphatic carbocycles. The van der Waals surface area contributed by atoms with E-state index in [4.69, 9.17) is 9.47 Å². The average Bonchev–Trinajstić information content (AvgIpc) is 2.79. The van der Waals surface area contributed by atoms with Gasteiger partial charge in [0.2, 0.25) is 5.78 Å². The summed E-state index contributed by atoms with van der Waals surface area (Å²) in [7, 11) is 1.53. The van der Waals surface area contributed by atoms with E-state index >= 15 is 0 Å². The zero-order chi connectivity index (χ0) is 21.5. The van der Waals surface area contributed by atoms with Crippen LogP contribution in [0, 0.1) is 0 Å². The molecule has 1 N–H and O–H groups in total. The number of esters is 1. The van der Waals surface area contributed by atoms with Crippen molar-refractivity contribution in [3.63, 3.8) is 0 Å². The van der Waals surface area contributed by atoms with Crippen LogP contribution in [0.4, 0.5) is 5.69 Å². The number of Topliss-reactive ketones (excluding diaryl/α,β-unsaturated/α-hetero) is 1. The standard InChI is InChI=1S/C24H21NO5/c1-16(22(26)17-7-4-3-5-8-17)30-24(28)18-11-13-20(14-12-18)25-23(27)19-9-6-10-21(15-19)29-2/h3-16H,1-2H3,(H,25,27). The number of carbonyl (C=O) groups excluding carboxylic acids is 3. The summed E-state index contributed by atoms with van der Waals surface area (Å²) in [5.41, 5.74) is 1.73. The van der Waals surface area contributed by atoms with Crippen molar-refractivity contribution in [2.24, 2.45) is 0 Å². The Morgan fingerprint density at radius 1 is 0.800 bits per heavy atom. The molecule has 3 rings (SSSR count). The fraction of sp³-hybridized carbons (Fsp3) is 0.125. The second-order valence-electron chi connectivity index (χ2n) is 6.54. The zero-order valence-corrected chi connectivity index (χ0v) is 16.6. The monoisotopic (exact) mass is 403 g/mol. The number of amides is 1. The molecular formula is C24H21NO5. The van der Waals surface area contributed by atoms with Crippen LogP contribution >= 0.6 is 0 Å². The molecule has 0 saturated carbocycles. The van der Waals surface area contributed by atoms with Gasteiger partial charge in [0.25, 0.3) is 5.91 Å². The third-order valence-electron chi connectivity index (χ3n) is 4.42. The molecule has 1 amide bonds. The molecule has 152 valence electrons. The molecule has 0 heterocycles. The van der Waals surface area contributed by atoms with Gasteiger partial charge in [-0.2, -0.15) is 0 Å². The molecule has 30 heavy (non-hydrogen) atoms. The number of hydrogen-bond donors (Lipinski definition) is 1. The summed E-state index contributed by atoms with van der Waals surface area (Å²) in [5, 5.41) is 2.76. The van der Waals surface area contributed by atoms with Crippen molar-refractivity contribution < 1.29 is 23.9 Å². The second kappa shape index (κ2) is 9.52. The van der Waals surface area contributed by atoms with E-state index in [1.807, 2.05) is 6.07 Å². The molecule has 1 atom stereocenters. The maximum Gasteiger partial charge on any atom is 0.338 e. The van der Waals surface area contributed by atoms with Crippen molar-refractivity contribution in [2.45, 2.75) is 13.0 Å². The van der Waals surface area contributed by atoms with Crippen molar-refractivity contribution in [2.75, 3.05) is 12.4 Å². The van der Waals surface area contributed by atoms with Gasteiger partial charge in [-0.15, -0.1) is 0 Å². The number of benzene rings is 3. The number of rotatable bonds is 7. The van der Waals surface area contributed by atoms with Crippen LogP contribution in [0.25, 0.3) is 0 Å². The lowest BCUT2D eigenvalue weighted by Crippen LogP contribution is -2.24. The molecule has 0 spiro atoms. The van der Waals surface area contributed by atoms with Gasteiger partial charge < -0.3 is 14.8 Å². The van der Waals surface area contributed by atoms with Gasteiger partial charge in [0.05, 0.1) is 12.7 Å². The van der Waals surface area contributed by atoms with Crippen molar-refractivity contribution in [1.29, 1.82) is 0 Å². The number of carbonyl (C=O) groups is 3. The topological polar surface area (TPSA) is 81.7 Å². The first-order valence-corrected chi connectivity index (χ1v) is 9.33. The highest BCUT2D eigenvalue weighted by molar-refractivity contribution is 6.05. The van der Waals surface area contributed by atoms with E-state index in [0.717, 1.165) is 0 Å². The van der Waals surface area contributed by atoms with Gasteiger partial charge in [0.1, 0.15) is 5.75 Å². The largest absolute Gasteiger partial charge is 0.497 e. The summed E-state index contributed by atoms with van der Waals surface area (Å²) in [5.74, 6) is -0.602. The number of anilines is 1. The SMILES string of the molecule is COc1cccc(C(=O)Nc2ccc(C(=O)OC(C)C(=O)c3ccccc3)cc2)c1. The molecule has 6 nitrogen and oxygen atoms in total. The second-order valence-corrected chi connectivity index (χ2v) is 6.54. The summed E-state index contributed by atoms with van der Waals surface area (Å²) >= 11 is 0. The summed E-state index contributed by atoms with van der Waals surface area (Å²) in [6.45, 7) is 1.54. The molecule has 0 aromatic heterocycles. The van der Waals surface area contributed by atoms with Crippen molar-refractivity contribution in [1.82, 2.24) is 0 Å². The molecule has 0 fully saturated rings. The maximum atomic E-state index is 12.4. The van der Waals surface area contributed by atoms with E-state index in [-0.39, 0.29) is 17.3 Å². The van der Waals surface area contributed by atoms with Crippen LogP contribution in [0.3, 0.4) is 0 Å². The van der Waals surface area contributed by atoms with E-state index in [1.54, 1.807) is 60.7 Å². The minimum atomic E-state index is -0.910. The Morgan fingerprint density at radius 3 is 2.13 bits per heavy atom. The fourth-order valence-electron chi connectivity index (χ4n) is 2.78. The van der Waals surface area contributed by atoms with Gasteiger partial charge in [0, 0.05) is 16.8 Å². The highest BCUT2D eigenvalue weighted by Crippen LogP contribution is 2.16. The molecule has 1 unspecified atom stereocenters. The maximum absolute atomic E-state index is 12.4. The normalized spacial score (nSPS) is 11.3. The quantitative estimate of drug-likeness (QED) is 0.468. The van der Waals surface area contributed by atoms with Crippen LogP contribution in [0.5, 0.6) is 5.75 Å². The van der Waals surface area contributed by atoms with Crippen LogP contribution in [0.2, 0.25) is 0 Å².